The number of anilines is 1. The zero-order chi connectivity index (χ0) is 23.7. The normalized spacial score (nSPS) is 17.5. The van der Waals surface area contributed by atoms with Crippen LogP contribution in [0.3, 0.4) is 0 Å². The lowest BCUT2D eigenvalue weighted by molar-refractivity contribution is -0.138. The Morgan fingerprint density at radius 3 is 2.53 bits per heavy atom. The number of hydrogen-bond acceptors (Lipinski definition) is 4. The molecule has 2 aromatic carbocycles. The first-order chi connectivity index (χ1) is 14.9. The van der Waals surface area contributed by atoms with E-state index in [9.17, 15) is 21.6 Å². The summed E-state index contributed by atoms with van der Waals surface area (Å²) in [6.45, 7) is 3.55. The number of rotatable bonds is 6. The van der Waals surface area contributed by atoms with Crippen molar-refractivity contribution in [3.05, 3.63) is 64.2 Å². The summed E-state index contributed by atoms with van der Waals surface area (Å²) in [6.07, 6.45) is -4.06. The highest BCUT2D eigenvalue weighted by Gasteiger charge is 2.38. The molecule has 172 valence electrons. The molecule has 10 heteroatoms. The largest absolute Gasteiger partial charge is 0.416 e. The Morgan fingerprint density at radius 2 is 1.94 bits per heavy atom. The molecule has 5 nitrogen and oxygen atoms in total. The van der Waals surface area contributed by atoms with Crippen LogP contribution in [-0.4, -0.2) is 37.1 Å². The van der Waals surface area contributed by atoms with Crippen molar-refractivity contribution in [2.75, 3.05) is 18.0 Å². The molecular weight excluding hydrogens is 463 g/mol. The SMILES string of the molecule is CC(C)S(=O)(=O)N1CC[C@H](N(Cc2ccccc2C(F)(F)F)c2ccc(C#N)c(Cl)c2)C1. The van der Waals surface area contributed by atoms with Crippen LogP contribution in [-0.2, 0) is 22.7 Å². The van der Waals surface area contributed by atoms with Crippen LogP contribution in [0.5, 0.6) is 0 Å². The number of sulfonamides is 1. The second kappa shape index (κ2) is 9.30. The van der Waals surface area contributed by atoms with Crippen molar-refractivity contribution < 1.29 is 21.6 Å². The van der Waals surface area contributed by atoms with Crippen LogP contribution in [0.15, 0.2) is 42.5 Å². The topological polar surface area (TPSA) is 64.4 Å². The Hall–Kier alpha value is -2.28. The van der Waals surface area contributed by atoms with Gasteiger partial charge in [-0.25, -0.2) is 8.42 Å². The quantitative estimate of drug-likeness (QED) is 0.574. The third-order valence-corrected chi connectivity index (χ3v) is 8.15. The maximum atomic E-state index is 13.6. The molecule has 1 aliphatic rings. The fourth-order valence-corrected chi connectivity index (χ4v) is 5.37. The van der Waals surface area contributed by atoms with E-state index in [4.69, 9.17) is 16.9 Å². The van der Waals surface area contributed by atoms with Gasteiger partial charge in [0.15, 0.2) is 0 Å². The minimum absolute atomic E-state index is 0.0747. The Kier molecular flexibility index (Phi) is 7.08. The molecule has 0 spiro atoms. The Balaban J connectivity index is 2.01. The van der Waals surface area contributed by atoms with Gasteiger partial charge in [0.25, 0.3) is 0 Å². The fourth-order valence-electron chi connectivity index (χ4n) is 3.82. The third kappa shape index (κ3) is 5.03. The van der Waals surface area contributed by atoms with E-state index < -0.39 is 27.0 Å². The second-order valence-corrected chi connectivity index (χ2v) is 10.8. The molecule has 32 heavy (non-hydrogen) atoms. The maximum Gasteiger partial charge on any atom is 0.416 e. The molecule has 0 unspecified atom stereocenters. The lowest BCUT2D eigenvalue weighted by Crippen LogP contribution is -2.40. The maximum absolute atomic E-state index is 13.6. The summed E-state index contributed by atoms with van der Waals surface area (Å²) in [5, 5.41) is 8.74. The number of alkyl halides is 3. The molecule has 0 aromatic heterocycles. The molecule has 0 radical (unpaired) electrons. The Labute approximate surface area is 191 Å². The monoisotopic (exact) mass is 485 g/mol. The third-order valence-electron chi connectivity index (χ3n) is 5.59. The first-order valence-electron chi connectivity index (χ1n) is 10.1. The zero-order valence-electron chi connectivity index (χ0n) is 17.6. The average molecular weight is 486 g/mol. The highest BCUT2D eigenvalue weighted by Crippen LogP contribution is 2.35. The van der Waals surface area contributed by atoms with Gasteiger partial charge in [-0.3, -0.25) is 0 Å². The average Bonchev–Trinajstić information content (AvgIpc) is 3.22. The smallest absolute Gasteiger partial charge is 0.363 e. The molecule has 1 heterocycles. The predicted molar refractivity (Wildman–Crippen MR) is 118 cm³/mol. The first kappa shape index (κ1) is 24.4. The highest BCUT2D eigenvalue weighted by molar-refractivity contribution is 7.89. The van der Waals surface area contributed by atoms with E-state index in [0.29, 0.717) is 12.1 Å². The van der Waals surface area contributed by atoms with Crippen LogP contribution < -0.4 is 4.90 Å². The molecule has 0 saturated carbocycles. The van der Waals surface area contributed by atoms with E-state index in [2.05, 4.69) is 0 Å². The molecule has 0 aliphatic carbocycles. The summed E-state index contributed by atoms with van der Waals surface area (Å²) >= 11 is 6.19. The number of nitriles is 1. The van der Waals surface area contributed by atoms with Gasteiger partial charge in [-0.15, -0.1) is 0 Å². The number of nitrogens with zero attached hydrogens (tertiary/aromatic N) is 3. The van der Waals surface area contributed by atoms with Crippen molar-refractivity contribution in [2.24, 2.45) is 0 Å². The van der Waals surface area contributed by atoms with Crippen LogP contribution in [0.2, 0.25) is 5.02 Å². The van der Waals surface area contributed by atoms with E-state index in [1.54, 1.807) is 30.9 Å². The van der Waals surface area contributed by atoms with Gasteiger partial charge in [-0.2, -0.15) is 22.7 Å². The molecule has 0 bridgehead atoms. The van der Waals surface area contributed by atoms with Crippen molar-refractivity contribution in [1.29, 1.82) is 5.26 Å². The van der Waals surface area contributed by atoms with Gasteiger partial charge in [0.2, 0.25) is 10.0 Å². The molecular formula is C22H23ClF3N3O2S. The van der Waals surface area contributed by atoms with Crippen LogP contribution in [0.4, 0.5) is 18.9 Å². The lowest BCUT2D eigenvalue weighted by Gasteiger charge is -2.32. The highest BCUT2D eigenvalue weighted by atomic mass is 35.5. The molecule has 0 amide bonds. The van der Waals surface area contributed by atoms with Crippen molar-refractivity contribution >= 4 is 27.3 Å². The van der Waals surface area contributed by atoms with Gasteiger partial charge < -0.3 is 4.90 Å². The van der Waals surface area contributed by atoms with Crippen molar-refractivity contribution in [1.82, 2.24) is 4.31 Å². The van der Waals surface area contributed by atoms with Gasteiger partial charge >= 0.3 is 6.18 Å². The van der Waals surface area contributed by atoms with E-state index in [1.165, 1.54) is 28.6 Å². The van der Waals surface area contributed by atoms with Crippen LogP contribution in [0.25, 0.3) is 0 Å². The van der Waals surface area contributed by atoms with Gasteiger partial charge in [0, 0.05) is 31.4 Å². The zero-order valence-corrected chi connectivity index (χ0v) is 19.2. The van der Waals surface area contributed by atoms with Crippen LogP contribution in [0, 0.1) is 11.3 Å². The van der Waals surface area contributed by atoms with Crippen LogP contribution in [0.1, 0.15) is 37.0 Å². The molecule has 1 fully saturated rings. The minimum Gasteiger partial charge on any atom is -0.363 e. The van der Waals surface area contributed by atoms with Gasteiger partial charge in [-0.1, -0.05) is 29.8 Å². The minimum atomic E-state index is -4.52. The number of hydrogen-bond donors (Lipinski definition) is 0. The van der Waals surface area contributed by atoms with E-state index in [1.807, 2.05) is 6.07 Å². The number of halogens is 4. The molecule has 1 saturated heterocycles. The van der Waals surface area contributed by atoms with Crippen LogP contribution >= 0.6 is 11.6 Å². The summed E-state index contributed by atoms with van der Waals surface area (Å²) in [4.78, 5) is 1.74. The summed E-state index contributed by atoms with van der Waals surface area (Å²) in [6, 6.07) is 11.6. The molecule has 1 aliphatic heterocycles. The van der Waals surface area contributed by atoms with E-state index in [-0.39, 0.29) is 41.8 Å². The van der Waals surface area contributed by atoms with Gasteiger partial charge in [0.05, 0.1) is 21.4 Å². The van der Waals surface area contributed by atoms with E-state index >= 15 is 0 Å². The number of benzene rings is 2. The van der Waals surface area contributed by atoms with E-state index in [0.717, 1.165) is 6.07 Å². The van der Waals surface area contributed by atoms with Crippen molar-refractivity contribution in [3.63, 3.8) is 0 Å². The molecule has 1 atom stereocenters. The standard InChI is InChI=1S/C22H23ClF3N3O2S/c1-15(2)32(30,31)28-10-9-19(14-28)29(18-8-7-16(12-27)21(23)11-18)13-17-5-3-4-6-20(17)22(24,25)26/h3-8,11,15,19H,9-10,13-14H2,1-2H3/t19-/m0/s1. The predicted octanol–water partition coefficient (Wildman–Crippen LogP) is 5.05. The van der Waals surface area contributed by atoms with Crippen molar-refractivity contribution in [2.45, 2.75) is 44.3 Å². The molecule has 2 aromatic rings. The Morgan fingerprint density at radius 1 is 1.25 bits per heavy atom. The molecule has 0 N–H and O–H groups in total. The first-order valence-corrected chi connectivity index (χ1v) is 11.9. The summed E-state index contributed by atoms with van der Waals surface area (Å²) in [5.41, 5.74) is 0.112. The fraction of sp³-hybridized carbons (Fsp3) is 0.409. The van der Waals surface area contributed by atoms with Crippen molar-refractivity contribution in [3.8, 4) is 6.07 Å². The molecule has 3 rings (SSSR count). The summed E-state index contributed by atoms with van der Waals surface area (Å²) < 4.78 is 67.4. The summed E-state index contributed by atoms with van der Waals surface area (Å²) in [7, 11) is -3.49. The van der Waals surface area contributed by atoms with Gasteiger partial charge in [0.1, 0.15) is 6.07 Å². The Bertz CT molecular complexity index is 1130. The van der Waals surface area contributed by atoms with Gasteiger partial charge in [-0.05, 0) is 50.1 Å². The second-order valence-electron chi connectivity index (χ2n) is 7.95. The lowest BCUT2D eigenvalue weighted by atomic mass is 10.0. The summed E-state index contributed by atoms with van der Waals surface area (Å²) in [5.74, 6) is 0.